The predicted octanol–water partition coefficient (Wildman–Crippen LogP) is 2.81. The van der Waals surface area contributed by atoms with Gasteiger partial charge in [0.1, 0.15) is 4.32 Å². The average Bonchev–Trinajstić information content (AvgIpc) is 3.42. The summed E-state index contributed by atoms with van der Waals surface area (Å²) in [6.07, 6.45) is 2.99. The molecule has 4 aliphatic heterocycles. The third-order valence-electron chi connectivity index (χ3n) is 6.95. The van der Waals surface area contributed by atoms with Crippen LogP contribution in [0.5, 0.6) is 11.5 Å². The van der Waals surface area contributed by atoms with Gasteiger partial charge in [-0.1, -0.05) is 36.1 Å². The maximum absolute atomic E-state index is 13.1. The molecule has 0 radical (unpaired) electrons. The summed E-state index contributed by atoms with van der Waals surface area (Å²) in [4.78, 5) is 42.2. The van der Waals surface area contributed by atoms with E-state index in [4.69, 9.17) is 21.7 Å². The molecular formula is C25H23N3O5S2. The first-order valence-electron chi connectivity index (χ1n) is 11.6. The molecule has 2 fully saturated rings. The number of carbonyl (C=O) groups is 2. The lowest BCUT2D eigenvalue weighted by atomic mass is 9.83. The van der Waals surface area contributed by atoms with Gasteiger partial charge in [0.25, 0.3) is 11.5 Å². The zero-order valence-electron chi connectivity index (χ0n) is 18.8. The first-order chi connectivity index (χ1) is 17.0. The smallest absolute Gasteiger partial charge is 0.266 e. The predicted molar refractivity (Wildman–Crippen MR) is 135 cm³/mol. The molecule has 2 saturated heterocycles. The van der Waals surface area contributed by atoms with Gasteiger partial charge in [-0.05, 0) is 42.2 Å². The van der Waals surface area contributed by atoms with Gasteiger partial charge in [-0.3, -0.25) is 19.3 Å². The van der Waals surface area contributed by atoms with Crippen molar-refractivity contribution < 1.29 is 19.1 Å². The number of aromatic nitrogens is 1. The highest BCUT2D eigenvalue weighted by atomic mass is 32.2. The number of hydrogen-bond donors (Lipinski definition) is 0. The van der Waals surface area contributed by atoms with Gasteiger partial charge in [0, 0.05) is 50.3 Å². The first kappa shape index (κ1) is 22.4. The van der Waals surface area contributed by atoms with Crippen molar-refractivity contribution in [2.45, 2.75) is 25.3 Å². The van der Waals surface area contributed by atoms with Gasteiger partial charge in [-0.2, -0.15) is 0 Å². The number of likely N-dealkylation sites (tertiary alicyclic amines) is 1. The highest BCUT2D eigenvalue weighted by Gasteiger charge is 2.37. The van der Waals surface area contributed by atoms with E-state index in [1.807, 2.05) is 33.7 Å². The molecule has 6 rings (SSSR count). The Kier molecular flexibility index (Phi) is 5.64. The van der Waals surface area contributed by atoms with Crippen LogP contribution in [-0.4, -0.2) is 56.9 Å². The lowest BCUT2D eigenvalue weighted by molar-refractivity contribution is -0.134. The fraction of sp³-hybridized carbons (Fsp3) is 0.360. The van der Waals surface area contributed by atoms with E-state index in [0.717, 1.165) is 17.7 Å². The second-order valence-corrected chi connectivity index (χ2v) is 10.9. The number of thioether (sulfide) groups is 1. The van der Waals surface area contributed by atoms with Gasteiger partial charge in [0.05, 0.1) is 4.91 Å². The van der Waals surface area contributed by atoms with E-state index >= 15 is 0 Å². The summed E-state index contributed by atoms with van der Waals surface area (Å²) in [5.74, 6) is 1.60. The number of benzene rings is 1. The Morgan fingerprint density at radius 2 is 1.97 bits per heavy atom. The number of amides is 2. The summed E-state index contributed by atoms with van der Waals surface area (Å²) >= 11 is 6.69. The molecule has 35 heavy (non-hydrogen) atoms. The van der Waals surface area contributed by atoms with Gasteiger partial charge in [0.15, 0.2) is 11.5 Å². The average molecular weight is 510 g/mol. The molecule has 1 aromatic carbocycles. The van der Waals surface area contributed by atoms with E-state index in [1.165, 1.54) is 16.7 Å². The lowest BCUT2D eigenvalue weighted by Crippen LogP contribution is -2.49. The summed E-state index contributed by atoms with van der Waals surface area (Å²) in [6, 6.07) is 10.9. The van der Waals surface area contributed by atoms with Crippen molar-refractivity contribution in [2.75, 3.05) is 26.4 Å². The van der Waals surface area contributed by atoms with Crippen LogP contribution in [0, 0.1) is 5.92 Å². The summed E-state index contributed by atoms with van der Waals surface area (Å²) in [6.45, 7) is 2.33. The normalized spacial score (nSPS) is 23.7. The fourth-order valence-electron chi connectivity index (χ4n) is 5.31. The highest BCUT2D eigenvalue weighted by molar-refractivity contribution is 8.26. The summed E-state index contributed by atoms with van der Waals surface area (Å²) in [5, 5.41) is 0. The largest absolute Gasteiger partial charge is 0.454 e. The molecule has 0 saturated carbocycles. The number of fused-ring (bicyclic) bond motifs is 5. The van der Waals surface area contributed by atoms with Crippen LogP contribution < -0.4 is 15.0 Å². The molecule has 180 valence electrons. The van der Waals surface area contributed by atoms with Crippen molar-refractivity contribution >= 4 is 46.2 Å². The Morgan fingerprint density at radius 3 is 2.86 bits per heavy atom. The van der Waals surface area contributed by atoms with Crippen molar-refractivity contribution in [2.24, 2.45) is 5.92 Å². The molecule has 10 heteroatoms. The van der Waals surface area contributed by atoms with E-state index < -0.39 is 0 Å². The van der Waals surface area contributed by atoms with E-state index in [0.29, 0.717) is 40.4 Å². The van der Waals surface area contributed by atoms with Crippen molar-refractivity contribution in [3.05, 3.63) is 62.9 Å². The number of pyridine rings is 1. The number of nitrogens with zero attached hydrogens (tertiary/aromatic N) is 3. The van der Waals surface area contributed by atoms with Crippen molar-refractivity contribution in [3.63, 3.8) is 0 Å². The van der Waals surface area contributed by atoms with Crippen molar-refractivity contribution in [3.8, 4) is 11.5 Å². The molecular weight excluding hydrogens is 486 g/mol. The third kappa shape index (κ3) is 4.14. The third-order valence-corrected chi connectivity index (χ3v) is 8.33. The number of thiocarbonyl (C=S) groups is 1. The molecule has 0 spiro atoms. The Labute approximate surface area is 211 Å². The van der Waals surface area contributed by atoms with Crippen molar-refractivity contribution in [1.29, 1.82) is 0 Å². The highest BCUT2D eigenvalue weighted by Crippen LogP contribution is 2.37. The topological polar surface area (TPSA) is 81.1 Å². The van der Waals surface area contributed by atoms with Gasteiger partial charge < -0.3 is 18.9 Å². The number of hydrogen-bond acceptors (Lipinski definition) is 7. The van der Waals surface area contributed by atoms with E-state index in [-0.39, 0.29) is 49.0 Å². The molecule has 5 heterocycles. The Morgan fingerprint density at radius 1 is 1.11 bits per heavy atom. The quantitative estimate of drug-likeness (QED) is 0.463. The lowest BCUT2D eigenvalue weighted by Gasteiger charge is -2.42. The first-order valence-corrected chi connectivity index (χ1v) is 12.8. The van der Waals surface area contributed by atoms with Crippen LogP contribution in [0.1, 0.15) is 30.0 Å². The van der Waals surface area contributed by atoms with Gasteiger partial charge in [0.2, 0.25) is 12.7 Å². The van der Waals surface area contributed by atoms with Gasteiger partial charge in [-0.25, -0.2) is 0 Å². The van der Waals surface area contributed by atoms with Crippen molar-refractivity contribution in [1.82, 2.24) is 14.4 Å². The molecule has 2 atom stereocenters. The van der Waals surface area contributed by atoms with Crippen LogP contribution >= 0.6 is 24.0 Å². The van der Waals surface area contributed by atoms with E-state index in [2.05, 4.69) is 0 Å². The van der Waals surface area contributed by atoms with Gasteiger partial charge in [-0.15, -0.1) is 0 Å². The van der Waals surface area contributed by atoms with Crippen LogP contribution in [0.3, 0.4) is 0 Å². The molecule has 1 aromatic heterocycles. The fourth-order valence-corrected chi connectivity index (χ4v) is 6.62. The molecule has 2 bridgehead atoms. The molecule has 0 N–H and O–H groups in total. The van der Waals surface area contributed by atoms with Gasteiger partial charge >= 0.3 is 0 Å². The van der Waals surface area contributed by atoms with Crippen LogP contribution in [-0.2, 0) is 16.1 Å². The Bertz CT molecular complexity index is 1340. The zero-order chi connectivity index (χ0) is 24.1. The maximum atomic E-state index is 13.1. The Balaban J connectivity index is 1.10. The molecule has 1 unspecified atom stereocenters. The number of rotatable bonds is 4. The minimum Gasteiger partial charge on any atom is -0.454 e. The molecule has 4 aliphatic rings. The van der Waals surface area contributed by atoms with Crippen LogP contribution in [0.25, 0.3) is 6.08 Å². The standard InChI is InChI=1S/C25H23N3O5S2/c29-22(26-11-16-8-17(13-26)18-2-1-3-23(30)28(18)12-16)6-7-27-24(31)21(35-25(27)34)10-15-4-5-19-20(9-15)33-14-32-19/h1-5,9-10,16-17H,6-8,11-14H2/b21-10+/t16-,17?/m1/s1. The molecule has 2 amide bonds. The molecule has 0 aliphatic carbocycles. The van der Waals surface area contributed by atoms with Crippen LogP contribution in [0.4, 0.5) is 0 Å². The minimum atomic E-state index is -0.186. The summed E-state index contributed by atoms with van der Waals surface area (Å²) < 4.78 is 13.1. The molecule has 2 aromatic rings. The summed E-state index contributed by atoms with van der Waals surface area (Å²) in [7, 11) is 0. The zero-order valence-corrected chi connectivity index (χ0v) is 20.5. The van der Waals surface area contributed by atoms with E-state index in [9.17, 15) is 14.4 Å². The second-order valence-electron chi connectivity index (χ2n) is 9.19. The van der Waals surface area contributed by atoms with E-state index in [1.54, 1.807) is 18.2 Å². The minimum absolute atomic E-state index is 0.0141. The SMILES string of the molecule is O=C(CCN1C(=O)/C(=C\c2ccc3c(c2)OCO3)SC1=S)N1CC2C[C@H](C1)Cn1c2cccc1=O. The van der Waals surface area contributed by atoms with Crippen LogP contribution in [0.15, 0.2) is 46.1 Å². The molecule has 8 nitrogen and oxygen atoms in total. The monoisotopic (exact) mass is 509 g/mol. The maximum Gasteiger partial charge on any atom is 0.266 e. The number of carbonyl (C=O) groups excluding carboxylic acids is 2. The second kappa shape index (κ2) is 8.83. The number of ether oxygens (including phenoxy) is 2. The number of piperidine rings is 1. The van der Waals surface area contributed by atoms with Crippen LogP contribution in [0.2, 0.25) is 0 Å². The Hall–Kier alpha value is -3.11. The summed E-state index contributed by atoms with van der Waals surface area (Å²) in [5.41, 5.74) is 1.86.